The molecule has 0 atom stereocenters. The van der Waals surface area contributed by atoms with Crippen LogP contribution < -0.4 is 5.32 Å². The van der Waals surface area contributed by atoms with Crippen molar-refractivity contribution in [3.05, 3.63) is 83.0 Å². The second-order valence-corrected chi connectivity index (χ2v) is 6.60. The minimum atomic E-state index is -0.302. The molecule has 0 spiro atoms. The van der Waals surface area contributed by atoms with Gasteiger partial charge in [0.05, 0.1) is 10.6 Å². The number of hydrogen-bond acceptors (Lipinski definition) is 3. The molecule has 1 saturated heterocycles. The van der Waals surface area contributed by atoms with E-state index >= 15 is 0 Å². The molecule has 3 nitrogen and oxygen atoms in total. The number of thioether (sulfide) groups is 1. The molecule has 1 amide bonds. The van der Waals surface area contributed by atoms with Crippen LogP contribution in [0.3, 0.4) is 0 Å². The Morgan fingerprint density at radius 3 is 2.52 bits per heavy atom. The molecule has 4 rings (SSSR count). The fourth-order valence-electron chi connectivity index (χ4n) is 2.55. The average molecular weight is 348 g/mol. The quantitative estimate of drug-likeness (QED) is 0.671. The van der Waals surface area contributed by atoms with Crippen molar-refractivity contribution in [3.63, 3.8) is 0 Å². The summed E-state index contributed by atoms with van der Waals surface area (Å²) in [5.41, 5.74) is 1.55. The van der Waals surface area contributed by atoms with Gasteiger partial charge in [-0.3, -0.25) is 4.79 Å². The van der Waals surface area contributed by atoms with Crippen LogP contribution in [0.25, 0.3) is 16.8 Å². The maximum atomic E-state index is 13.0. The third kappa shape index (κ3) is 3.46. The number of amidine groups is 1. The number of hydrogen-bond donors (Lipinski definition) is 1. The van der Waals surface area contributed by atoms with Gasteiger partial charge in [0.1, 0.15) is 5.82 Å². The smallest absolute Gasteiger partial charge is 0.264 e. The van der Waals surface area contributed by atoms with Gasteiger partial charge < -0.3 is 5.32 Å². The molecule has 0 saturated carbocycles. The van der Waals surface area contributed by atoms with Crippen molar-refractivity contribution in [2.75, 3.05) is 0 Å². The van der Waals surface area contributed by atoms with Gasteiger partial charge in [-0.15, -0.1) is 0 Å². The number of fused-ring (bicyclic) bond motifs is 1. The van der Waals surface area contributed by atoms with Crippen LogP contribution in [0.4, 0.5) is 10.1 Å². The molecule has 0 aromatic heterocycles. The van der Waals surface area contributed by atoms with Gasteiger partial charge in [-0.05, 0) is 58.4 Å². The Kier molecular flexibility index (Phi) is 4.07. The van der Waals surface area contributed by atoms with Crippen LogP contribution >= 0.6 is 11.8 Å². The van der Waals surface area contributed by atoms with E-state index in [2.05, 4.69) is 10.3 Å². The van der Waals surface area contributed by atoms with Crippen molar-refractivity contribution in [1.82, 2.24) is 5.32 Å². The first kappa shape index (κ1) is 15.6. The van der Waals surface area contributed by atoms with Crippen LogP contribution in [-0.4, -0.2) is 11.1 Å². The van der Waals surface area contributed by atoms with E-state index in [0.29, 0.717) is 10.1 Å². The maximum absolute atomic E-state index is 13.0. The van der Waals surface area contributed by atoms with E-state index in [4.69, 9.17) is 0 Å². The van der Waals surface area contributed by atoms with Gasteiger partial charge >= 0.3 is 0 Å². The lowest BCUT2D eigenvalue weighted by Gasteiger charge is -2.00. The summed E-state index contributed by atoms with van der Waals surface area (Å²) in [6.45, 7) is 0. The number of aliphatic imine (C=N–C) groups is 1. The highest BCUT2D eigenvalue weighted by Gasteiger charge is 2.23. The molecule has 1 aliphatic rings. The summed E-state index contributed by atoms with van der Waals surface area (Å²) in [5, 5.41) is 5.54. The first-order chi connectivity index (χ1) is 12.2. The molecule has 0 radical (unpaired) electrons. The Bertz CT molecular complexity index is 1030. The molecule has 1 N–H and O–H groups in total. The molecule has 3 aromatic carbocycles. The van der Waals surface area contributed by atoms with E-state index < -0.39 is 0 Å². The van der Waals surface area contributed by atoms with Crippen LogP contribution in [0, 0.1) is 5.82 Å². The normalized spacial score (nSPS) is 17.4. The summed E-state index contributed by atoms with van der Waals surface area (Å²) in [5.74, 6) is -0.502. The molecular weight excluding hydrogens is 335 g/mol. The summed E-state index contributed by atoms with van der Waals surface area (Å²) in [7, 11) is 0. The SMILES string of the molecule is O=C1NC(=Nc2ccc3ccccc3c2)SC1=Cc1ccc(F)cc1. The van der Waals surface area contributed by atoms with Gasteiger partial charge in [0.15, 0.2) is 5.17 Å². The molecule has 5 heteroatoms. The number of nitrogens with zero attached hydrogens (tertiary/aromatic N) is 1. The van der Waals surface area contributed by atoms with Gasteiger partial charge in [0.2, 0.25) is 0 Å². The Morgan fingerprint density at radius 2 is 1.72 bits per heavy atom. The summed E-state index contributed by atoms with van der Waals surface area (Å²) in [6, 6.07) is 20.0. The van der Waals surface area contributed by atoms with Crippen molar-refractivity contribution in [2.24, 2.45) is 4.99 Å². The number of halogens is 1. The predicted octanol–water partition coefficient (Wildman–Crippen LogP) is 4.87. The van der Waals surface area contributed by atoms with Crippen molar-refractivity contribution >= 4 is 45.4 Å². The Hall–Kier alpha value is -2.92. The second-order valence-electron chi connectivity index (χ2n) is 5.56. The molecule has 0 bridgehead atoms. The van der Waals surface area contributed by atoms with E-state index in [1.54, 1.807) is 18.2 Å². The molecule has 1 aliphatic heterocycles. The number of amides is 1. The Balaban J connectivity index is 1.60. The molecule has 25 heavy (non-hydrogen) atoms. The number of rotatable bonds is 2. The van der Waals surface area contributed by atoms with E-state index in [1.807, 2.05) is 42.5 Å². The number of nitrogens with one attached hydrogen (secondary N) is 1. The predicted molar refractivity (Wildman–Crippen MR) is 101 cm³/mol. The van der Waals surface area contributed by atoms with Gasteiger partial charge in [0.25, 0.3) is 5.91 Å². The molecule has 0 aliphatic carbocycles. The van der Waals surface area contributed by atoms with Crippen molar-refractivity contribution in [3.8, 4) is 0 Å². The highest BCUT2D eigenvalue weighted by molar-refractivity contribution is 8.18. The standard InChI is InChI=1S/C20H13FN2OS/c21-16-8-5-13(6-9-16)11-18-19(24)23-20(25-18)22-17-10-7-14-3-1-2-4-15(14)12-17/h1-12H,(H,22,23,24). The minimum Gasteiger partial charge on any atom is -0.300 e. The number of carbonyl (C=O) groups excluding carboxylic acids is 1. The first-order valence-corrected chi connectivity index (χ1v) is 8.53. The van der Waals surface area contributed by atoms with Crippen LogP contribution in [0.15, 0.2) is 76.6 Å². The summed E-state index contributed by atoms with van der Waals surface area (Å²) < 4.78 is 13.0. The minimum absolute atomic E-state index is 0.200. The number of benzene rings is 3. The van der Waals surface area contributed by atoms with Crippen LogP contribution in [0.1, 0.15) is 5.56 Å². The first-order valence-electron chi connectivity index (χ1n) is 7.71. The van der Waals surface area contributed by atoms with Gasteiger partial charge in [-0.2, -0.15) is 0 Å². The molecule has 3 aromatic rings. The molecule has 1 fully saturated rings. The van der Waals surface area contributed by atoms with E-state index in [-0.39, 0.29) is 11.7 Å². The summed E-state index contributed by atoms with van der Waals surface area (Å²) >= 11 is 1.27. The second kappa shape index (κ2) is 6.53. The lowest BCUT2D eigenvalue weighted by atomic mass is 10.1. The third-order valence-corrected chi connectivity index (χ3v) is 4.69. The highest BCUT2D eigenvalue weighted by atomic mass is 32.2. The fourth-order valence-corrected chi connectivity index (χ4v) is 3.40. The lowest BCUT2D eigenvalue weighted by Crippen LogP contribution is -2.19. The summed E-state index contributed by atoms with van der Waals surface area (Å²) in [4.78, 5) is 17.1. The highest BCUT2D eigenvalue weighted by Crippen LogP contribution is 2.29. The third-order valence-electron chi connectivity index (χ3n) is 3.78. The lowest BCUT2D eigenvalue weighted by molar-refractivity contribution is -0.115. The fraction of sp³-hybridized carbons (Fsp3) is 0. The Morgan fingerprint density at radius 1 is 0.960 bits per heavy atom. The van der Waals surface area contributed by atoms with Gasteiger partial charge in [-0.1, -0.05) is 42.5 Å². The molecule has 122 valence electrons. The van der Waals surface area contributed by atoms with E-state index in [1.165, 1.54) is 23.9 Å². The zero-order chi connectivity index (χ0) is 17.2. The number of carbonyl (C=O) groups is 1. The molecule has 0 unspecified atom stereocenters. The zero-order valence-electron chi connectivity index (χ0n) is 13.1. The monoisotopic (exact) mass is 348 g/mol. The van der Waals surface area contributed by atoms with Gasteiger partial charge in [0, 0.05) is 0 Å². The Labute approximate surface area is 148 Å². The largest absolute Gasteiger partial charge is 0.300 e. The summed E-state index contributed by atoms with van der Waals surface area (Å²) in [6.07, 6.45) is 1.72. The molecular formula is C20H13FN2OS. The van der Waals surface area contributed by atoms with Crippen molar-refractivity contribution < 1.29 is 9.18 Å². The van der Waals surface area contributed by atoms with Crippen LogP contribution in [-0.2, 0) is 4.79 Å². The average Bonchev–Trinajstić information content (AvgIpc) is 2.96. The topological polar surface area (TPSA) is 41.5 Å². The zero-order valence-corrected chi connectivity index (χ0v) is 13.9. The van der Waals surface area contributed by atoms with Gasteiger partial charge in [-0.25, -0.2) is 9.38 Å². The van der Waals surface area contributed by atoms with Crippen molar-refractivity contribution in [1.29, 1.82) is 0 Å². The van der Waals surface area contributed by atoms with Crippen LogP contribution in [0.2, 0.25) is 0 Å². The molecule has 1 heterocycles. The van der Waals surface area contributed by atoms with Crippen molar-refractivity contribution in [2.45, 2.75) is 0 Å². The van der Waals surface area contributed by atoms with Crippen LogP contribution in [0.5, 0.6) is 0 Å². The maximum Gasteiger partial charge on any atom is 0.264 e. The van der Waals surface area contributed by atoms with E-state index in [0.717, 1.165) is 22.0 Å². The van der Waals surface area contributed by atoms with E-state index in [9.17, 15) is 9.18 Å².